The van der Waals surface area contributed by atoms with Gasteiger partial charge in [0.2, 0.25) is 0 Å². The molecular formula is C27H37Cl3N2O5. The van der Waals surface area contributed by atoms with Crippen LogP contribution >= 0.6 is 35.6 Å². The van der Waals surface area contributed by atoms with Gasteiger partial charge < -0.3 is 25.2 Å². The first-order valence-corrected chi connectivity index (χ1v) is 13.2. The smallest absolute Gasteiger partial charge is 0.329 e. The van der Waals surface area contributed by atoms with E-state index in [-0.39, 0.29) is 47.7 Å². The van der Waals surface area contributed by atoms with Gasteiger partial charge in [-0.2, -0.15) is 0 Å². The molecule has 206 valence electrons. The fraction of sp³-hybridized carbons (Fsp3) is 0.481. The zero-order chi connectivity index (χ0) is 25.9. The Labute approximate surface area is 236 Å². The maximum absolute atomic E-state index is 13.2. The highest BCUT2D eigenvalue weighted by molar-refractivity contribution is 6.39. The molecule has 0 heterocycles. The van der Waals surface area contributed by atoms with Crippen LogP contribution in [-0.2, 0) is 16.0 Å². The first-order chi connectivity index (χ1) is 17.4. The zero-order valence-electron chi connectivity index (χ0n) is 20.9. The molecule has 1 amide bonds. The third kappa shape index (κ3) is 9.25. The monoisotopic (exact) mass is 574 g/mol. The minimum absolute atomic E-state index is 0. The van der Waals surface area contributed by atoms with Gasteiger partial charge in [0, 0.05) is 7.85 Å². The number of halogens is 3. The molecule has 0 aliphatic heterocycles. The van der Waals surface area contributed by atoms with Crippen LogP contribution in [-0.4, -0.2) is 49.3 Å². The summed E-state index contributed by atoms with van der Waals surface area (Å²) in [7, 11) is 1.87. The van der Waals surface area contributed by atoms with Crippen molar-refractivity contribution in [2.45, 2.75) is 63.5 Å². The number of carbonyl (C=O) groups is 2. The van der Waals surface area contributed by atoms with Crippen LogP contribution in [0.4, 0.5) is 0 Å². The Kier molecular flexibility index (Phi) is 13.4. The van der Waals surface area contributed by atoms with Gasteiger partial charge in [-0.05, 0) is 63.7 Å². The second-order valence-electron chi connectivity index (χ2n) is 8.97. The fourth-order valence-corrected chi connectivity index (χ4v) is 4.75. The fourth-order valence-electron chi connectivity index (χ4n) is 4.18. The van der Waals surface area contributed by atoms with Crippen molar-refractivity contribution in [1.29, 1.82) is 0 Å². The van der Waals surface area contributed by atoms with E-state index in [1.807, 2.05) is 37.4 Å². The summed E-state index contributed by atoms with van der Waals surface area (Å²) in [5, 5.41) is 16.4. The zero-order valence-corrected chi connectivity index (χ0v) is 23.3. The molecule has 1 aliphatic carbocycles. The van der Waals surface area contributed by atoms with Crippen molar-refractivity contribution >= 4 is 47.5 Å². The Bertz CT molecular complexity index is 1020. The molecule has 1 aliphatic rings. The molecule has 7 nitrogen and oxygen atoms in total. The van der Waals surface area contributed by atoms with Crippen molar-refractivity contribution < 1.29 is 25.6 Å². The number of amides is 1. The lowest BCUT2D eigenvalue weighted by atomic mass is 9.97. The van der Waals surface area contributed by atoms with Gasteiger partial charge in [0.05, 0.1) is 17.2 Å². The second-order valence-corrected chi connectivity index (χ2v) is 9.75. The molecule has 10 heteroatoms. The summed E-state index contributed by atoms with van der Waals surface area (Å²) in [6.45, 7) is 1.21. The number of carbonyl (C=O) groups excluding carboxylic acids is 2. The van der Waals surface area contributed by atoms with Crippen molar-refractivity contribution in [3.63, 3.8) is 0 Å². The van der Waals surface area contributed by atoms with E-state index in [1.54, 1.807) is 0 Å². The van der Waals surface area contributed by atoms with Crippen molar-refractivity contribution in [2.24, 2.45) is 0 Å². The summed E-state index contributed by atoms with van der Waals surface area (Å²) in [6.07, 6.45) is 6.57. The minimum atomic E-state index is -0.943. The highest BCUT2D eigenvalue weighted by Gasteiger charge is 2.29. The highest BCUT2D eigenvalue weighted by Crippen LogP contribution is 2.42. The number of esters is 1. The quantitative estimate of drug-likeness (QED) is 0.213. The highest BCUT2D eigenvalue weighted by atomic mass is 35.5. The van der Waals surface area contributed by atoms with Gasteiger partial charge in [-0.15, -0.1) is 12.4 Å². The first-order valence-electron chi connectivity index (χ1n) is 12.4. The van der Waals surface area contributed by atoms with Gasteiger partial charge >= 0.3 is 5.97 Å². The summed E-state index contributed by atoms with van der Waals surface area (Å²) >= 11 is 12.6. The Morgan fingerprint density at radius 2 is 1.84 bits per heavy atom. The number of phenolic OH excluding ortho intramolecular Hbond substituents is 1. The lowest BCUT2D eigenvalue weighted by Gasteiger charge is -2.25. The number of hydrogen-bond donors (Lipinski definition) is 3. The van der Waals surface area contributed by atoms with Crippen LogP contribution in [0.25, 0.3) is 0 Å². The van der Waals surface area contributed by atoms with E-state index in [0.29, 0.717) is 6.61 Å². The molecule has 1 saturated carbocycles. The van der Waals surface area contributed by atoms with Gasteiger partial charge in [0.1, 0.15) is 17.2 Å². The van der Waals surface area contributed by atoms with E-state index in [9.17, 15) is 14.7 Å². The molecule has 0 saturated heterocycles. The Hall–Kier alpha value is -2.19. The van der Waals surface area contributed by atoms with Crippen LogP contribution in [0, 0.1) is 0 Å². The molecule has 0 radical (unpaired) electrons. The van der Waals surface area contributed by atoms with E-state index in [0.717, 1.165) is 57.1 Å². The standard InChI is InChI=1S/C27H34Cl2N2O5.ClH.H2/c1-30-14-8-9-15-35-25-21(28)17-20(24(32)23(25)29)26(33)31-22(16-18-10-4-2-5-11-18)27(34)36-19-12-6-3-7-13-19;;/h2,4-5,10-11,17,19,22,30,32H,3,6-9,12-16H2,1H3,(H,31,33);2*1H/t22-;;/m0../s1. The molecule has 0 bridgehead atoms. The average Bonchev–Trinajstić information content (AvgIpc) is 2.88. The van der Waals surface area contributed by atoms with E-state index in [4.69, 9.17) is 32.7 Å². The molecule has 37 heavy (non-hydrogen) atoms. The van der Waals surface area contributed by atoms with Gasteiger partial charge in [-0.25, -0.2) is 4.79 Å². The van der Waals surface area contributed by atoms with Crippen molar-refractivity contribution in [3.8, 4) is 11.5 Å². The van der Waals surface area contributed by atoms with E-state index in [2.05, 4.69) is 10.6 Å². The predicted molar refractivity (Wildman–Crippen MR) is 151 cm³/mol. The normalized spacial score (nSPS) is 14.4. The Morgan fingerprint density at radius 3 is 2.51 bits per heavy atom. The molecular weight excluding hydrogens is 539 g/mol. The van der Waals surface area contributed by atoms with Gasteiger partial charge in [0.15, 0.2) is 11.5 Å². The van der Waals surface area contributed by atoms with Gasteiger partial charge in [0.25, 0.3) is 5.91 Å². The minimum Gasteiger partial charge on any atom is -0.505 e. The molecule has 0 spiro atoms. The largest absolute Gasteiger partial charge is 0.505 e. The molecule has 3 N–H and O–H groups in total. The van der Waals surface area contributed by atoms with Gasteiger partial charge in [-0.1, -0.05) is 60.0 Å². The number of rotatable bonds is 12. The lowest BCUT2D eigenvalue weighted by Crippen LogP contribution is -2.44. The Morgan fingerprint density at radius 1 is 1.14 bits per heavy atom. The third-order valence-corrected chi connectivity index (χ3v) is 6.80. The molecule has 0 aromatic heterocycles. The lowest BCUT2D eigenvalue weighted by molar-refractivity contribution is -0.152. The summed E-state index contributed by atoms with van der Waals surface area (Å²) in [4.78, 5) is 26.2. The number of nitrogens with one attached hydrogen (secondary N) is 2. The summed E-state index contributed by atoms with van der Waals surface area (Å²) in [5.41, 5.74) is 0.724. The number of benzene rings is 2. The van der Waals surface area contributed by atoms with Crippen LogP contribution in [0.2, 0.25) is 10.0 Å². The SMILES string of the molecule is CNCCCCOc1c(Cl)cc(C(=O)N[C@@H](Cc2ccccc2)C(=O)OC2CCCCC2)c(O)c1Cl.Cl.[HH]. The molecule has 2 aromatic rings. The van der Waals surface area contributed by atoms with Crippen LogP contribution in [0.15, 0.2) is 36.4 Å². The topological polar surface area (TPSA) is 96.9 Å². The predicted octanol–water partition coefficient (Wildman–Crippen LogP) is 5.96. The average molecular weight is 576 g/mol. The molecule has 2 aromatic carbocycles. The van der Waals surface area contributed by atoms with E-state index in [1.165, 1.54) is 6.07 Å². The maximum Gasteiger partial charge on any atom is 0.329 e. The Balaban J connectivity index is 0.00000361. The molecule has 3 rings (SSSR count). The van der Waals surface area contributed by atoms with Crippen molar-refractivity contribution in [3.05, 3.63) is 57.6 Å². The summed E-state index contributed by atoms with van der Waals surface area (Å²) in [5.74, 6) is -1.52. The number of hydrogen-bond acceptors (Lipinski definition) is 6. The second kappa shape index (κ2) is 15.9. The number of aromatic hydroxyl groups is 1. The molecule has 1 atom stereocenters. The molecule has 0 unspecified atom stereocenters. The summed E-state index contributed by atoms with van der Waals surface area (Å²) in [6, 6.07) is 9.72. The van der Waals surface area contributed by atoms with E-state index < -0.39 is 23.7 Å². The number of ether oxygens (including phenoxy) is 2. The summed E-state index contributed by atoms with van der Waals surface area (Å²) < 4.78 is 11.4. The van der Waals surface area contributed by atoms with E-state index >= 15 is 0 Å². The van der Waals surface area contributed by atoms with Crippen LogP contribution < -0.4 is 15.4 Å². The van der Waals surface area contributed by atoms with Crippen molar-refractivity contribution in [2.75, 3.05) is 20.2 Å². The van der Waals surface area contributed by atoms with Crippen LogP contribution in [0.1, 0.15) is 62.3 Å². The van der Waals surface area contributed by atoms with Gasteiger partial charge in [-0.3, -0.25) is 4.79 Å². The van der Waals surface area contributed by atoms with Crippen molar-refractivity contribution in [1.82, 2.24) is 10.6 Å². The number of unbranched alkanes of at least 4 members (excludes halogenated alkanes) is 1. The number of phenols is 1. The molecule has 1 fully saturated rings. The maximum atomic E-state index is 13.2. The van der Waals surface area contributed by atoms with Crippen LogP contribution in [0.5, 0.6) is 11.5 Å². The third-order valence-electron chi connectivity index (χ3n) is 6.17. The van der Waals surface area contributed by atoms with Crippen LogP contribution in [0.3, 0.4) is 0 Å². The first kappa shape index (κ1) is 31.0.